The van der Waals surface area contributed by atoms with Crippen LogP contribution in [0.15, 0.2) is 46.0 Å². The molecule has 2 aromatic rings. The van der Waals surface area contributed by atoms with Crippen LogP contribution in [0.2, 0.25) is 0 Å². The number of anilines is 1. The van der Waals surface area contributed by atoms with Crippen molar-refractivity contribution < 1.29 is 23.5 Å². The first-order valence-electron chi connectivity index (χ1n) is 9.74. The molecule has 0 radical (unpaired) electrons. The van der Waals surface area contributed by atoms with Crippen LogP contribution in [0.1, 0.15) is 33.3 Å². The quantitative estimate of drug-likeness (QED) is 0.305. The van der Waals surface area contributed by atoms with Crippen molar-refractivity contribution in [1.29, 1.82) is 0 Å². The molecule has 0 heterocycles. The molecule has 0 bridgehead atoms. The Labute approximate surface area is 189 Å². The van der Waals surface area contributed by atoms with Gasteiger partial charge < -0.3 is 14.8 Å². The highest BCUT2D eigenvalue weighted by Gasteiger charge is 2.22. The van der Waals surface area contributed by atoms with Crippen LogP contribution in [-0.4, -0.2) is 30.7 Å². The number of benzene rings is 2. The minimum Gasteiger partial charge on any atom is -0.490 e. The topological polar surface area (TPSA) is 89.0 Å². The first-order valence-corrected chi connectivity index (χ1v) is 10.5. The van der Waals surface area contributed by atoms with E-state index in [2.05, 4.69) is 31.8 Å². The summed E-state index contributed by atoms with van der Waals surface area (Å²) >= 11 is 3.46. The number of carbonyl (C=O) groups is 2. The first-order chi connectivity index (χ1) is 14.7. The fraction of sp³-hybridized carbons (Fsp3) is 0.318. The molecule has 2 amide bonds. The molecular weight excluding hydrogens is 469 g/mol. The molecule has 0 aliphatic heterocycles. The second kappa shape index (κ2) is 11.5. The monoisotopic (exact) mass is 493 g/mol. The number of hydrogen-bond acceptors (Lipinski definition) is 5. The van der Waals surface area contributed by atoms with Gasteiger partial charge in [0.15, 0.2) is 11.5 Å². The number of nitrogens with zero attached hydrogens (tertiary/aromatic N) is 1. The smallest absolute Gasteiger partial charge is 0.252 e. The Kier molecular flexibility index (Phi) is 8.99. The van der Waals surface area contributed by atoms with Gasteiger partial charge in [-0.2, -0.15) is 5.10 Å². The molecule has 31 heavy (non-hydrogen) atoms. The predicted molar refractivity (Wildman–Crippen MR) is 121 cm³/mol. The lowest BCUT2D eigenvalue weighted by molar-refractivity contribution is -0.131. The first kappa shape index (κ1) is 24.3. The van der Waals surface area contributed by atoms with Crippen LogP contribution in [0.25, 0.3) is 0 Å². The number of para-hydroxylation sites is 1. The maximum atomic E-state index is 13.7. The number of hydrogen-bond donors (Lipinski definition) is 2. The van der Waals surface area contributed by atoms with Crippen LogP contribution in [0, 0.1) is 11.7 Å². The lowest BCUT2D eigenvalue weighted by atomic mass is 10.1. The largest absolute Gasteiger partial charge is 0.490 e. The van der Waals surface area contributed by atoms with E-state index in [0.717, 1.165) is 0 Å². The van der Waals surface area contributed by atoms with E-state index >= 15 is 0 Å². The summed E-state index contributed by atoms with van der Waals surface area (Å²) in [6, 6.07) is 9.22. The van der Waals surface area contributed by atoms with Crippen molar-refractivity contribution in [3.05, 3.63) is 52.3 Å². The summed E-state index contributed by atoms with van der Waals surface area (Å²) in [5, 5.41) is 6.29. The van der Waals surface area contributed by atoms with Gasteiger partial charge in [0, 0.05) is 0 Å². The molecular formula is C22H25BrFN3O4. The molecule has 1 atom stereocenters. The molecule has 7 nitrogen and oxygen atoms in total. The Morgan fingerprint density at radius 3 is 2.55 bits per heavy atom. The van der Waals surface area contributed by atoms with Gasteiger partial charge in [-0.05, 0) is 73.5 Å². The van der Waals surface area contributed by atoms with Gasteiger partial charge in [-0.25, -0.2) is 9.82 Å². The SMILES string of the molecule is CCOc1cc(C=NNC(=O)C(C)C(=O)Nc2ccccc2F)cc(Br)c1OC(C)C. The third-order valence-corrected chi connectivity index (χ3v) is 4.58. The normalized spacial score (nSPS) is 12.0. The average molecular weight is 494 g/mol. The van der Waals surface area contributed by atoms with Crippen molar-refractivity contribution in [2.24, 2.45) is 11.0 Å². The van der Waals surface area contributed by atoms with Gasteiger partial charge >= 0.3 is 0 Å². The highest BCUT2D eigenvalue weighted by Crippen LogP contribution is 2.37. The molecule has 0 aromatic heterocycles. The summed E-state index contributed by atoms with van der Waals surface area (Å²) < 4.78 is 25.8. The van der Waals surface area contributed by atoms with Crippen LogP contribution in [0.5, 0.6) is 11.5 Å². The van der Waals surface area contributed by atoms with Crippen molar-refractivity contribution in [2.75, 3.05) is 11.9 Å². The molecule has 0 fully saturated rings. The second-order valence-electron chi connectivity index (χ2n) is 6.85. The number of nitrogens with one attached hydrogen (secondary N) is 2. The van der Waals surface area contributed by atoms with E-state index in [9.17, 15) is 14.0 Å². The van der Waals surface area contributed by atoms with Gasteiger partial charge in [0.05, 0.1) is 29.1 Å². The van der Waals surface area contributed by atoms with Crippen LogP contribution < -0.4 is 20.2 Å². The molecule has 166 valence electrons. The summed E-state index contributed by atoms with van der Waals surface area (Å²) in [7, 11) is 0. The van der Waals surface area contributed by atoms with Gasteiger partial charge in [-0.15, -0.1) is 0 Å². The van der Waals surface area contributed by atoms with E-state index in [0.29, 0.717) is 28.1 Å². The Bertz CT molecular complexity index is 966. The van der Waals surface area contributed by atoms with E-state index in [1.807, 2.05) is 20.8 Å². The average Bonchev–Trinajstić information content (AvgIpc) is 2.71. The van der Waals surface area contributed by atoms with Crippen molar-refractivity contribution in [3.63, 3.8) is 0 Å². The minimum absolute atomic E-state index is 0.00709. The zero-order valence-corrected chi connectivity index (χ0v) is 19.3. The minimum atomic E-state index is -1.08. The Morgan fingerprint density at radius 2 is 1.90 bits per heavy atom. The number of halogens is 2. The third kappa shape index (κ3) is 7.06. The summed E-state index contributed by atoms with van der Waals surface area (Å²) in [4.78, 5) is 24.4. The fourth-order valence-electron chi connectivity index (χ4n) is 2.47. The Balaban J connectivity index is 2.04. The van der Waals surface area contributed by atoms with Gasteiger partial charge in [-0.1, -0.05) is 12.1 Å². The maximum Gasteiger partial charge on any atom is 0.252 e. The molecule has 9 heteroatoms. The summed E-state index contributed by atoms with van der Waals surface area (Å²) in [5.74, 6) is -1.82. The lowest BCUT2D eigenvalue weighted by Gasteiger charge is -2.16. The predicted octanol–water partition coefficient (Wildman–Crippen LogP) is 4.50. The van der Waals surface area contributed by atoms with Crippen LogP contribution in [0.4, 0.5) is 10.1 Å². The molecule has 0 saturated heterocycles. The summed E-state index contributed by atoms with van der Waals surface area (Å²) in [6.45, 7) is 7.55. The lowest BCUT2D eigenvalue weighted by Crippen LogP contribution is -2.34. The summed E-state index contributed by atoms with van der Waals surface area (Å²) in [5.41, 5.74) is 2.97. The zero-order chi connectivity index (χ0) is 23.0. The number of amides is 2. The van der Waals surface area contributed by atoms with Crippen LogP contribution in [-0.2, 0) is 9.59 Å². The maximum absolute atomic E-state index is 13.7. The van der Waals surface area contributed by atoms with Crippen LogP contribution >= 0.6 is 15.9 Å². The van der Waals surface area contributed by atoms with Gasteiger partial charge in [0.1, 0.15) is 11.7 Å². The highest BCUT2D eigenvalue weighted by atomic mass is 79.9. The standard InChI is InChI=1S/C22H25BrFN3O4/c1-5-30-19-11-15(10-16(23)20(19)31-13(2)3)12-25-27-22(29)14(4)21(28)26-18-9-7-6-8-17(18)24/h6-14H,5H2,1-4H3,(H,26,28)(H,27,29). The molecule has 0 saturated carbocycles. The van der Waals surface area contributed by atoms with Gasteiger partial charge in [-0.3, -0.25) is 9.59 Å². The van der Waals surface area contributed by atoms with E-state index in [1.54, 1.807) is 18.2 Å². The van der Waals surface area contributed by atoms with Crippen molar-refractivity contribution in [3.8, 4) is 11.5 Å². The van der Waals surface area contributed by atoms with Crippen LogP contribution in [0.3, 0.4) is 0 Å². The number of rotatable bonds is 9. The highest BCUT2D eigenvalue weighted by molar-refractivity contribution is 9.10. The molecule has 0 aliphatic carbocycles. The van der Waals surface area contributed by atoms with Crippen molar-refractivity contribution >= 4 is 39.6 Å². The number of carbonyl (C=O) groups excluding carboxylic acids is 2. The number of hydrazone groups is 1. The van der Waals surface area contributed by atoms with Gasteiger partial charge in [0.2, 0.25) is 5.91 Å². The Morgan fingerprint density at radius 1 is 1.19 bits per heavy atom. The second-order valence-corrected chi connectivity index (χ2v) is 7.71. The van der Waals surface area contributed by atoms with E-state index in [1.165, 1.54) is 31.3 Å². The molecule has 1 unspecified atom stereocenters. The zero-order valence-electron chi connectivity index (χ0n) is 17.7. The molecule has 2 N–H and O–H groups in total. The van der Waals surface area contributed by atoms with E-state index < -0.39 is 23.5 Å². The summed E-state index contributed by atoms with van der Waals surface area (Å²) in [6.07, 6.45) is 1.39. The van der Waals surface area contributed by atoms with Gasteiger partial charge in [0.25, 0.3) is 5.91 Å². The van der Waals surface area contributed by atoms with E-state index in [4.69, 9.17) is 9.47 Å². The van der Waals surface area contributed by atoms with E-state index in [-0.39, 0.29) is 11.8 Å². The van der Waals surface area contributed by atoms with Crippen molar-refractivity contribution in [2.45, 2.75) is 33.8 Å². The van der Waals surface area contributed by atoms with Crippen molar-refractivity contribution in [1.82, 2.24) is 5.43 Å². The fourth-order valence-corrected chi connectivity index (χ4v) is 3.02. The molecule has 2 aromatic carbocycles. The third-order valence-electron chi connectivity index (χ3n) is 3.99. The molecule has 0 aliphatic rings. The number of ether oxygens (including phenoxy) is 2. The molecule has 2 rings (SSSR count). The molecule has 0 spiro atoms. The Hall–Kier alpha value is -2.94.